The van der Waals surface area contributed by atoms with Crippen molar-refractivity contribution in [2.45, 2.75) is 18.7 Å². The first-order valence-electron chi connectivity index (χ1n) is 8.00. The van der Waals surface area contributed by atoms with Gasteiger partial charge in [-0.05, 0) is 49.7 Å². The molecule has 2 rings (SSSR count). The molecule has 26 heavy (non-hydrogen) atoms. The van der Waals surface area contributed by atoms with Crippen LogP contribution in [0.25, 0.3) is 0 Å². The molecule has 0 aliphatic rings. The van der Waals surface area contributed by atoms with E-state index in [4.69, 9.17) is 4.74 Å². The second-order valence-corrected chi connectivity index (χ2v) is 7.69. The predicted octanol–water partition coefficient (Wildman–Crippen LogP) is 2.79. The largest absolute Gasteiger partial charge is 0.494 e. The Morgan fingerprint density at radius 2 is 1.92 bits per heavy atom. The van der Waals surface area contributed by atoms with E-state index in [0.717, 1.165) is 4.31 Å². The first-order valence-corrected chi connectivity index (χ1v) is 9.44. The van der Waals surface area contributed by atoms with E-state index in [-0.39, 0.29) is 10.6 Å². The fourth-order valence-electron chi connectivity index (χ4n) is 2.32. The number of anilines is 1. The zero-order valence-electron chi connectivity index (χ0n) is 14.8. The Balaban J connectivity index is 2.12. The molecule has 0 spiro atoms. The highest BCUT2D eigenvalue weighted by molar-refractivity contribution is 7.89. The summed E-state index contributed by atoms with van der Waals surface area (Å²) in [6.07, 6.45) is 0. The van der Waals surface area contributed by atoms with E-state index in [1.807, 2.05) is 6.92 Å². The monoisotopic (exact) mass is 380 g/mol. The Morgan fingerprint density at radius 3 is 2.54 bits per heavy atom. The zero-order valence-corrected chi connectivity index (χ0v) is 15.6. The van der Waals surface area contributed by atoms with Gasteiger partial charge in [0, 0.05) is 7.05 Å². The molecule has 0 fully saturated rings. The third-order valence-electron chi connectivity index (χ3n) is 3.67. The van der Waals surface area contributed by atoms with Gasteiger partial charge in [-0.1, -0.05) is 12.1 Å². The molecule has 0 heterocycles. The quantitative estimate of drug-likeness (QED) is 0.801. The molecule has 0 bridgehead atoms. The fourth-order valence-corrected chi connectivity index (χ4v) is 3.53. The van der Waals surface area contributed by atoms with Gasteiger partial charge >= 0.3 is 0 Å². The van der Waals surface area contributed by atoms with Crippen LogP contribution in [-0.2, 0) is 14.8 Å². The molecule has 0 saturated carbocycles. The lowest BCUT2D eigenvalue weighted by Crippen LogP contribution is -2.35. The summed E-state index contributed by atoms with van der Waals surface area (Å²) >= 11 is 0. The van der Waals surface area contributed by atoms with E-state index in [0.29, 0.717) is 17.9 Å². The van der Waals surface area contributed by atoms with Crippen LogP contribution in [-0.4, -0.2) is 38.8 Å². The van der Waals surface area contributed by atoms with E-state index in [1.165, 1.54) is 37.4 Å². The van der Waals surface area contributed by atoms with Gasteiger partial charge < -0.3 is 10.1 Å². The molecular weight excluding hydrogens is 359 g/mol. The van der Waals surface area contributed by atoms with Crippen LogP contribution in [0, 0.1) is 12.7 Å². The highest BCUT2D eigenvalue weighted by atomic mass is 32.2. The normalized spacial score (nSPS) is 11.4. The molecular formula is C18H21FN2O4S. The molecule has 8 heteroatoms. The minimum Gasteiger partial charge on any atom is -0.494 e. The first-order chi connectivity index (χ1) is 12.3. The van der Waals surface area contributed by atoms with E-state index in [2.05, 4.69) is 5.32 Å². The second kappa shape index (κ2) is 8.29. The highest BCUT2D eigenvalue weighted by Gasteiger charge is 2.24. The van der Waals surface area contributed by atoms with Crippen molar-refractivity contribution in [2.75, 3.05) is 25.5 Å². The third-order valence-corrected chi connectivity index (χ3v) is 5.47. The summed E-state index contributed by atoms with van der Waals surface area (Å²) < 4.78 is 45.2. The molecule has 2 aromatic carbocycles. The summed E-state index contributed by atoms with van der Waals surface area (Å²) in [6.45, 7) is 3.62. The number of rotatable bonds is 7. The Morgan fingerprint density at radius 1 is 1.23 bits per heavy atom. The fraction of sp³-hybridized carbons (Fsp3) is 0.278. The Labute approximate surface area is 152 Å². The van der Waals surface area contributed by atoms with Gasteiger partial charge in [0.05, 0.1) is 23.7 Å². The van der Waals surface area contributed by atoms with Crippen LogP contribution in [0.5, 0.6) is 5.75 Å². The second-order valence-electron chi connectivity index (χ2n) is 5.65. The van der Waals surface area contributed by atoms with Gasteiger partial charge in [-0.3, -0.25) is 4.79 Å². The number of carbonyl (C=O) groups is 1. The van der Waals surface area contributed by atoms with E-state index in [9.17, 15) is 17.6 Å². The molecule has 0 unspecified atom stereocenters. The van der Waals surface area contributed by atoms with Crippen LogP contribution >= 0.6 is 0 Å². The van der Waals surface area contributed by atoms with Crippen LogP contribution in [0.2, 0.25) is 0 Å². The Bertz CT molecular complexity index is 900. The minimum absolute atomic E-state index is 0.000194. The molecule has 1 amide bonds. The van der Waals surface area contributed by atoms with Crippen LogP contribution in [0.4, 0.5) is 10.1 Å². The molecule has 140 valence electrons. The van der Waals surface area contributed by atoms with Crippen LogP contribution < -0.4 is 10.1 Å². The van der Waals surface area contributed by atoms with Crippen LogP contribution in [0.15, 0.2) is 47.4 Å². The molecule has 0 radical (unpaired) electrons. The zero-order chi connectivity index (χ0) is 19.3. The van der Waals surface area contributed by atoms with Gasteiger partial charge in [-0.15, -0.1) is 0 Å². The molecule has 0 aliphatic heterocycles. The standard InChI is InChI=1S/C18H21FN2O4S/c1-4-25-17-10-9-14(11-13(17)2)26(23,24)21(3)12-18(22)20-16-8-6-5-7-15(16)19/h5-11H,4,12H2,1-3H3,(H,20,22). The summed E-state index contributed by atoms with van der Waals surface area (Å²) in [7, 11) is -2.57. The molecule has 6 nitrogen and oxygen atoms in total. The van der Waals surface area contributed by atoms with Crippen molar-refractivity contribution >= 4 is 21.6 Å². The van der Waals surface area contributed by atoms with Crippen LogP contribution in [0.1, 0.15) is 12.5 Å². The summed E-state index contributed by atoms with van der Waals surface area (Å²) in [5, 5.41) is 2.36. The average Bonchev–Trinajstić information content (AvgIpc) is 2.58. The summed E-state index contributed by atoms with van der Waals surface area (Å²) in [5.74, 6) is -0.622. The van der Waals surface area contributed by atoms with Crippen molar-refractivity contribution in [3.05, 3.63) is 53.8 Å². The van der Waals surface area contributed by atoms with Crippen molar-refractivity contribution in [3.63, 3.8) is 0 Å². The number of carbonyl (C=O) groups excluding carboxylic acids is 1. The third kappa shape index (κ3) is 4.59. The number of ether oxygens (including phenoxy) is 1. The maximum Gasteiger partial charge on any atom is 0.243 e. The molecule has 1 N–H and O–H groups in total. The minimum atomic E-state index is -3.87. The smallest absolute Gasteiger partial charge is 0.243 e. The van der Waals surface area contributed by atoms with Crippen molar-refractivity contribution in [1.29, 1.82) is 0 Å². The number of aryl methyl sites for hydroxylation is 1. The Kier molecular flexibility index (Phi) is 6.33. The lowest BCUT2D eigenvalue weighted by atomic mass is 10.2. The number of benzene rings is 2. The van der Waals surface area contributed by atoms with E-state index >= 15 is 0 Å². The van der Waals surface area contributed by atoms with Crippen molar-refractivity contribution in [3.8, 4) is 5.75 Å². The number of nitrogens with one attached hydrogen (secondary N) is 1. The number of hydrogen-bond acceptors (Lipinski definition) is 4. The number of nitrogens with zero attached hydrogens (tertiary/aromatic N) is 1. The van der Waals surface area contributed by atoms with E-state index in [1.54, 1.807) is 19.1 Å². The van der Waals surface area contributed by atoms with Gasteiger partial charge in [0.2, 0.25) is 15.9 Å². The van der Waals surface area contributed by atoms with Gasteiger partial charge in [0.25, 0.3) is 0 Å². The summed E-state index contributed by atoms with van der Waals surface area (Å²) in [6, 6.07) is 10.2. The van der Waals surface area contributed by atoms with Crippen LogP contribution in [0.3, 0.4) is 0 Å². The number of hydrogen-bond donors (Lipinski definition) is 1. The molecule has 0 atom stereocenters. The van der Waals surface area contributed by atoms with Crippen molar-refractivity contribution in [1.82, 2.24) is 4.31 Å². The van der Waals surface area contributed by atoms with E-state index < -0.39 is 28.3 Å². The maximum absolute atomic E-state index is 13.6. The predicted molar refractivity (Wildman–Crippen MR) is 97.2 cm³/mol. The molecule has 2 aromatic rings. The Hall–Kier alpha value is -2.45. The van der Waals surface area contributed by atoms with Gasteiger partial charge in [-0.25, -0.2) is 12.8 Å². The summed E-state index contributed by atoms with van der Waals surface area (Å²) in [4.78, 5) is 12.1. The number of likely N-dealkylation sites (N-methyl/N-ethyl adjacent to an activating group) is 1. The lowest BCUT2D eigenvalue weighted by Gasteiger charge is -2.18. The van der Waals surface area contributed by atoms with Gasteiger partial charge in [0.1, 0.15) is 11.6 Å². The molecule has 0 saturated heterocycles. The topological polar surface area (TPSA) is 75.7 Å². The van der Waals surface area contributed by atoms with Crippen molar-refractivity contribution in [2.24, 2.45) is 0 Å². The lowest BCUT2D eigenvalue weighted by molar-refractivity contribution is -0.116. The number of sulfonamides is 1. The number of amides is 1. The summed E-state index contributed by atoms with van der Waals surface area (Å²) in [5.41, 5.74) is 0.678. The number of halogens is 1. The average molecular weight is 380 g/mol. The first kappa shape index (κ1) is 19.9. The SMILES string of the molecule is CCOc1ccc(S(=O)(=O)N(C)CC(=O)Nc2ccccc2F)cc1C. The highest BCUT2D eigenvalue weighted by Crippen LogP contribution is 2.23. The van der Waals surface area contributed by atoms with Crippen molar-refractivity contribution < 1.29 is 22.3 Å². The maximum atomic E-state index is 13.6. The molecule has 0 aliphatic carbocycles. The van der Waals surface area contributed by atoms with Gasteiger partial charge in [-0.2, -0.15) is 4.31 Å². The molecule has 0 aromatic heterocycles. The number of para-hydroxylation sites is 1. The van der Waals surface area contributed by atoms with Gasteiger partial charge in [0.15, 0.2) is 0 Å².